The smallest absolute Gasteiger partial charge is 0.263 e. The maximum atomic E-state index is 12.4. The molecule has 1 unspecified atom stereocenters. The Kier molecular flexibility index (Phi) is 7.85. The molecule has 1 amide bonds. The second-order valence-electron chi connectivity index (χ2n) is 6.12. The lowest BCUT2D eigenvalue weighted by molar-refractivity contribution is -0.122. The van der Waals surface area contributed by atoms with Gasteiger partial charge in [-0.2, -0.15) is 0 Å². The highest BCUT2D eigenvalue weighted by molar-refractivity contribution is 7.90. The van der Waals surface area contributed by atoms with Crippen LogP contribution in [0.25, 0.3) is 0 Å². The Bertz CT molecular complexity index is 735. The van der Waals surface area contributed by atoms with Crippen molar-refractivity contribution in [2.45, 2.75) is 31.2 Å². The molecule has 0 aromatic heterocycles. The van der Waals surface area contributed by atoms with Gasteiger partial charge in [0.2, 0.25) is 5.91 Å². The fraction of sp³-hybridized carbons (Fsp3) is 0.500. The van der Waals surface area contributed by atoms with E-state index in [-0.39, 0.29) is 35.0 Å². The number of amidine groups is 1. The van der Waals surface area contributed by atoms with Crippen molar-refractivity contribution in [2.75, 3.05) is 20.1 Å². The molecule has 1 atom stereocenters. The van der Waals surface area contributed by atoms with Crippen LogP contribution in [0.1, 0.15) is 25.8 Å². The molecule has 2 rings (SSSR count). The van der Waals surface area contributed by atoms with Crippen molar-refractivity contribution >= 4 is 34.2 Å². The Morgan fingerprint density at radius 1 is 1.24 bits per heavy atom. The van der Waals surface area contributed by atoms with Crippen LogP contribution in [0.4, 0.5) is 0 Å². The molecule has 0 spiro atoms. The van der Waals surface area contributed by atoms with E-state index in [0.717, 1.165) is 0 Å². The Balaban J connectivity index is 0.00000312. The number of nitrogens with one attached hydrogen (secondary N) is 3. The number of benzene rings is 1. The third-order valence-corrected chi connectivity index (χ3v) is 5.02. The minimum absolute atomic E-state index is 0. The molecule has 1 aliphatic rings. The van der Waals surface area contributed by atoms with Crippen molar-refractivity contribution in [3.05, 3.63) is 29.8 Å². The maximum Gasteiger partial charge on any atom is 0.263 e. The van der Waals surface area contributed by atoms with Gasteiger partial charge in [-0.25, -0.2) is 8.42 Å². The molecule has 0 fully saturated rings. The average molecular weight is 389 g/mol. The number of sulfonamides is 1. The third kappa shape index (κ3) is 5.42. The molecule has 140 valence electrons. The third-order valence-electron chi connectivity index (χ3n) is 3.62. The highest BCUT2D eigenvalue weighted by Crippen LogP contribution is 2.23. The number of likely N-dealkylation sites (N-methyl/N-ethyl adjacent to an activating group) is 1. The Labute approximate surface area is 155 Å². The summed E-state index contributed by atoms with van der Waals surface area (Å²) in [6, 6.07) is 6.01. The van der Waals surface area contributed by atoms with Crippen molar-refractivity contribution in [3.8, 4) is 0 Å². The predicted octanol–water partition coefficient (Wildman–Crippen LogP) is 0.897. The number of carbonyl (C=O) groups excluding carboxylic acids is 1. The first-order valence-corrected chi connectivity index (χ1v) is 9.46. The molecule has 9 heteroatoms. The number of hydrogen-bond donors (Lipinski definition) is 3. The van der Waals surface area contributed by atoms with Crippen molar-refractivity contribution in [2.24, 2.45) is 10.9 Å². The van der Waals surface area contributed by atoms with Crippen LogP contribution in [-0.2, 0) is 14.8 Å². The molecule has 0 aliphatic carbocycles. The zero-order valence-electron chi connectivity index (χ0n) is 14.6. The number of amides is 1. The Morgan fingerprint density at radius 3 is 2.56 bits per heavy atom. The van der Waals surface area contributed by atoms with Gasteiger partial charge < -0.3 is 10.6 Å². The van der Waals surface area contributed by atoms with Crippen LogP contribution in [0.2, 0.25) is 0 Å². The van der Waals surface area contributed by atoms with Gasteiger partial charge in [0.25, 0.3) is 10.0 Å². The highest BCUT2D eigenvalue weighted by Gasteiger charge is 2.31. The summed E-state index contributed by atoms with van der Waals surface area (Å²) < 4.78 is 26.7. The van der Waals surface area contributed by atoms with E-state index in [2.05, 4.69) is 20.3 Å². The fourth-order valence-corrected chi connectivity index (χ4v) is 3.72. The standard InChI is InChI=1S/C16H24N4O3S.ClH/c1-11(2)10-13(16(21)18-9-8-17-3)19-15-12-6-4-5-7-14(12)24(22,23)20-15;/h4-7,11,13,17H,8-10H2,1-3H3,(H,18,21)(H,19,20);1H. The first-order chi connectivity index (χ1) is 11.3. The summed E-state index contributed by atoms with van der Waals surface area (Å²) in [5, 5.41) is 5.78. The number of halogens is 1. The lowest BCUT2D eigenvalue weighted by atomic mass is 10.0. The molecule has 0 radical (unpaired) electrons. The van der Waals surface area contributed by atoms with Gasteiger partial charge in [0.15, 0.2) is 0 Å². The van der Waals surface area contributed by atoms with Gasteiger partial charge in [0, 0.05) is 18.7 Å². The summed E-state index contributed by atoms with van der Waals surface area (Å²) in [6.07, 6.45) is 0.540. The van der Waals surface area contributed by atoms with E-state index in [1.54, 1.807) is 18.2 Å². The summed E-state index contributed by atoms with van der Waals surface area (Å²) in [4.78, 5) is 17.0. The molecule has 7 nitrogen and oxygen atoms in total. The quantitative estimate of drug-likeness (QED) is 0.604. The molecular weight excluding hydrogens is 364 g/mol. The molecule has 3 N–H and O–H groups in total. The molecule has 1 aliphatic heterocycles. The summed E-state index contributed by atoms with van der Waals surface area (Å²) in [7, 11) is -1.79. The topological polar surface area (TPSA) is 99.7 Å². The normalized spacial score (nSPS) is 17.5. The van der Waals surface area contributed by atoms with Crippen LogP contribution in [0.15, 0.2) is 34.2 Å². The lowest BCUT2D eigenvalue weighted by Gasteiger charge is -2.16. The van der Waals surface area contributed by atoms with E-state index in [9.17, 15) is 13.2 Å². The summed E-state index contributed by atoms with van der Waals surface area (Å²) in [6.45, 7) is 5.16. The summed E-state index contributed by atoms with van der Waals surface area (Å²) >= 11 is 0. The van der Waals surface area contributed by atoms with Gasteiger partial charge in [0.1, 0.15) is 11.9 Å². The maximum absolute atomic E-state index is 12.4. The molecule has 25 heavy (non-hydrogen) atoms. The van der Waals surface area contributed by atoms with Crippen LogP contribution < -0.4 is 15.4 Å². The van der Waals surface area contributed by atoms with Gasteiger partial charge >= 0.3 is 0 Å². The zero-order chi connectivity index (χ0) is 17.7. The second-order valence-corrected chi connectivity index (χ2v) is 7.77. The van der Waals surface area contributed by atoms with Gasteiger partial charge in [-0.15, -0.1) is 12.4 Å². The number of rotatable bonds is 7. The number of hydrogen-bond acceptors (Lipinski definition) is 5. The van der Waals surface area contributed by atoms with Crippen LogP contribution in [0.5, 0.6) is 0 Å². The minimum Gasteiger partial charge on any atom is -0.353 e. The minimum atomic E-state index is -3.60. The summed E-state index contributed by atoms with van der Waals surface area (Å²) in [5.41, 5.74) is 0.509. The molecule has 1 heterocycles. The van der Waals surface area contributed by atoms with Gasteiger partial charge in [-0.3, -0.25) is 14.5 Å². The van der Waals surface area contributed by atoms with Gasteiger partial charge in [0.05, 0.1) is 4.90 Å². The molecule has 0 saturated carbocycles. The van der Waals surface area contributed by atoms with Gasteiger partial charge in [-0.1, -0.05) is 26.0 Å². The average Bonchev–Trinajstić information content (AvgIpc) is 2.78. The molecule has 1 aromatic carbocycles. The van der Waals surface area contributed by atoms with Crippen LogP contribution in [0, 0.1) is 5.92 Å². The van der Waals surface area contributed by atoms with Crippen LogP contribution in [-0.4, -0.2) is 46.3 Å². The molecule has 1 aromatic rings. The monoisotopic (exact) mass is 388 g/mol. The molecule has 0 bridgehead atoms. The number of carbonyl (C=O) groups is 1. The lowest BCUT2D eigenvalue weighted by Crippen LogP contribution is -2.39. The first kappa shape index (κ1) is 21.4. The number of nitrogens with zero attached hydrogens (tertiary/aromatic N) is 1. The van der Waals surface area contributed by atoms with Crippen molar-refractivity contribution in [1.29, 1.82) is 0 Å². The molecule has 0 saturated heterocycles. The highest BCUT2D eigenvalue weighted by atomic mass is 35.5. The second kappa shape index (κ2) is 9.17. The Hall–Kier alpha value is -1.64. The van der Waals surface area contributed by atoms with Crippen LogP contribution >= 0.6 is 12.4 Å². The van der Waals surface area contributed by atoms with Crippen molar-refractivity contribution < 1.29 is 13.2 Å². The summed E-state index contributed by atoms with van der Waals surface area (Å²) in [5.74, 6) is 0.290. The van der Waals surface area contributed by atoms with E-state index in [1.165, 1.54) is 6.07 Å². The first-order valence-electron chi connectivity index (χ1n) is 7.97. The van der Waals surface area contributed by atoms with Crippen LogP contribution in [0.3, 0.4) is 0 Å². The largest absolute Gasteiger partial charge is 0.353 e. The van der Waals surface area contributed by atoms with E-state index >= 15 is 0 Å². The Morgan fingerprint density at radius 2 is 1.92 bits per heavy atom. The zero-order valence-corrected chi connectivity index (χ0v) is 16.2. The number of fused-ring (bicyclic) bond motifs is 1. The van der Waals surface area contributed by atoms with E-state index in [1.807, 2.05) is 20.9 Å². The van der Waals surface area contributed by atoms with Crippen molar-refractivity contribution in [1.82, 2.24) is 15.4 Å². The van der Waals surface area contributed by atoms with E-state index in [4.69, 9.17) is 0 Å². The van der Waals surface area contributed by atoms with E-state index in [0.29, 0.717) is 25.1 Å². The molecular formula is C16H25ClN4O3S. The van der Waals surface area contributed by atoms with E-state index < -0.39 is 16.1 Å². The van der Waals surface area contributed by atoms with Crippen molar-refractivity contribution in [3.63, 3.8) is 0 Å². The SMILES string of the molecule is CNCCNC(=O)C(CC(C)C)N=C1NS(=O)(=O)c2ccccc21.Cl. The van der Waals surface area contributed by atoms with Gasteiger partial charge in [-0.05, 0) is 31.5 Å². The number of aliphatic imine (C=N–C) groups is 1. The predicted molar refractivity (Wildman–Crippen MR) is 101 cm³/mol. The fourth-order valence-electron chi connectivity index (χ4n) is 2.48.